The van der Waals surface area contributed by atoms with Gasteiger partial charge in [-0.2, -0.15) is 13.2 Å². The topological polar surface area (TPSA) is 29.5 Å². The minimum Gasteiger partial charge on any atom is -0.410 e. The van der Waals surface area contributed by atoms with Gasteiger partial charge in [0.25, 0.3) is 0 Å². The molecule has 110 valence electrons. The standard InChI is InChI=1S/C13H13F4NO2/c14-10-6-9(13(15,16)17)7-11(8-10)20-12(19)18-4-2-1-3-5-18/h6-8H,1-5H2. The third-order valence-electron chi connectivity index (χ3n) is 3.02. The van der Waals surface area contributed by atoms with Gasteiger partial charge in [-0.05, 0) is 31.4 Å². The van der Waals surface area contributed by atoms with E-state index < -0.39 is 29.4 Å². The molecule has 0 saturated carbocycles. The summed E-state index contributed by atoms with van der Waals surface area (Å²) in [6.07, 6.45) is -2.78. The summed E-state index contributed by atoms with van der Waals surface area (Å²) in [5.41, 5.74) is -1.18. The summed E-state index contributed by atoms with van der Waals surface area (Å²) in [5, 5.41) is 0. The zero-order valence-corrected chi connectivity index (χ0v) is 10.5. The average molecular weight is 291 g/mol. The Morgan fingerprint density at radius 3 is 2.35 bits per heavy atom. The lowest BCUT2D eigenvalue weighted by Crippen LogP contribution is -2.37. The minimum atomic E-state index is -4.69. The summed E-state index contributed by atoms with van der Waals surface area (Å²) >= 11 is 0. The Bertz CT molecular complexity index is 496. The van der Waals surface area contributed by atoms with Gasteiger partial charge in [-0.3, -0.25) is 0 Å². The Morgan fingerprint density at radius 2 is 1.75 bits per heavy atom. The number of carbonyl (C=O) groups is 1. The van der Waals surface area contributed by atoms with Crippen LogP contribution in [0, 0.1) is 5.82 Å². The van der Waals surface area contributed by atoms with Crippen LogP contribution >= 0.6 is 0 Å². The van der Waals surface area contributed by atoms with Crippen molar-refractivity contribution in [2.24, 2.45) is 0 Å². The fraction of sp³-hybridized carbons (Fsp3) is 0.462. The molecule has 0 aliphatic carbocycles. The Labute approximate surface area is 113 Å². The number of benzene rings is 1. The monoisotopic (exact) mass is 291 g/mol. The molecule has 0 unspecified atom stereocenters. The molecule has 0 radical (unpaired) electrons. The summed E-state index contributed by atoms with van der Waals surface area (Å²) in [7, 11) is 0. The maximum absolute atomic E-state index is 13.1. The van der Waals surface area contributed by atoms with Crippen LogP contribution in [0.2, 0.25) is 0 Å². The number of alkyl halides is 3. The molecule has 3 nitrogen and oxygen atoms in total. The first-order valence-corrected chi connectivity index (χ1v) is 6.21. The van der Waals surface area contributed by atoms with E-state index >= 15 is 0 Å². The minimum absolute atomic E-state index is 0.359. The Morgan fingerprint density at radius 1 is 1.10 bits per heavy atom. The lowest BCUT2D eigenvalue weighted by Gasteiger charge is -2.25. The zero-order chi connectivity index (χ0) is 14.8. The SMILES string of the molecule is O=C(Oc1cc(F)cc(C(F)(F)F)c1)N1CCCCC1. The molecule has 0 atom stereocenters. The lowest BCUT2D eigenvalue weighted by atomic mass is 10.1. The van der Waals surface area contributed by atoms with E-state index in [1.807, 2.05) is 0 Å². The van der Waals surface area contributed by atoms with Crippen LogP contribution in [0.25, 0.3) is 0 Å². The number of ether oxygens (including phenoxy) is 1. The molecule has 1 fully saturated rings. The quantitative estimate of drug-likeness (QED) is 0.736. The van der Waals surface area contributed by atoms with Crippen LogP contribution in [-0.2, 0) is 6.18 Å². The molecule has 0 bridgehead atoms. The molecule has 1 aromatic carbocycles. The molecule has 0 aromatic heterocycles. The third-order valence-corrected chi connectivity index (χ3v) is 3.02. The largest absolute Gasteiger partial charge is 0.416 e. The fourth-order valence-electron chi connectivity index (χ4n) is 2.03. The molecule has 0 N–H and O–H groups in total. The molecule has 1 aromatic rings. The summed E-state index contributed by atoms with van der Waals surface area (Å²) in [4.78, 5) is 13.1. The highest BCUT2D eigenvalue weighted by atomic mass is 19.4. The Kier molecular flexibility index (Phi) is 4.15. The number of halogens is 4. The van der Waals surface area contributed by atoms with Crippen molar-refractivity contribution < 1.29 is 27.1 Å². The smallest absolute Gasteiger partial charge is 0.410 e. The van der Waals surface area contributed by atoms with E-state index in [0.29, 0.717) is 25.2 Å². The van der Waals surface area contributed by atoms with Crippen LogP contribution in [0.15, 0.2) is 18.2 Å². The second-order valence-electron chi connectivity index (χ2n) is 4.59. The van der Waals surface area contributed by atoms with Gasteiger partial charge in [0.05, 0.1) is 5.56 Å². The van der Waals surface area contributed by atoms with Crippen LogP contribution in [-0.4, -0.2) is 24.1 Å². The predicted molar refractivity (Wildman–Crippen MR) is 62.9 cm³/mol. The molecule has 20 heavy (non-hydrogen) atoms. The zero-order valence-electron chi connectivity index (χ0n) is 10.5. The van der Waals surface area contributed by atoms with Gasteiger partial charge < -0.3 is 9.64 Å². The molecule has 0 spiro atoms. The summed E-state index contributed by atoms with van der Waals surface area (Å²) in [6, 6.07) is 1.74. The maximum Gasteiger partial charge on any atom is 0.416 e. The second-order valence-corrected chi connectivity index (χ2v) is 4.59. The molecule has 2 rings (SSSR count). The van der Waals surface area contributed by atoms with Gasteiger partial charge in [0, 0.05) is 19.2 Å². The van der Waals surface area contributed by atoms with E-state index in [9.17, 15) is 22.4 Å². The highest BCUT2D eigenvalue weighted by molar-refractivity contribution is 5.70. The van der Waals surface area contributed by atoms with E-state index in [2.05, 4.69) is 0 Å². The number of nitrogens with zero attached hydrogens (tertiary/aromatic N) is 1. The van der Waals surface area contributed by atoms with Crippen molar-refractivity contribution in [1.82, 2.24) is 4.90 Å². The van der Waals surface area contributed by atoms with E-state index in [1.54, 1.807) is 0 Å². The van der Waals surface area contributed by atoms with Crippen molar-refractivity contribution in [3.8, 4) is 5.75 Å². The summed E-state index contributed by atoms with van der Waals surface area (Å²) in [6.45, 7) is 1.00. The van der Waals surface area contributed by atoms with Crippen molar-refractivity contribution in [3.63, 3.8) is 0 Å². The molecular formula is C13H13F4NO2. The van der Waals surface area contributed by atoms with Crippen LogP contribution < -0.4 is 4.74 Å². The van der Waals surface area contributed by atoms with E-state index in [-0.39, 0.29) is 0 Å². The number of amides is 1. The van der Waals surface area contributed by atoms with Crippen LogP contribution in [0.5, 0.6) is 5.75 Å². The van der Waals surface area contributed by atoms with Gasteiger partial charge in [-0.15, -0.1) is 0 Å². The normalized spacial score (nSPS) is 16.1. The highest BCUT2D eigenvalue weighted by Crippen LogP contribution is 2.32. The second kappa shape index (κ2) is 5.68. The van der Waals surface area contributed by atoms with Gasteiger partial charge in [0.1, 0.15) is 11.6 Å². The molecular weight excluding hydrogens is 278 g/mol. The Balaban J connectivity index is 2.12. The molecule has 7 heteroatoms. The van der Waals surface area contributed by atoms with Crippen molar-refractivity contribution >= 4 is 6.09 Å². The van der Waals surface area contributed by atoms with Crippen LogP contribution in [0.4, 0.5) is 22.4 Å². The third kappa shape index (κ3) is 3.61. The first kappa shape index (κ1) is 14.6. The number of rotatable bonds is 1. The van der Waals surface area contributed by atoms with Crippen LogP contribution in [0.1, 0.15) is 24.8 Å². The Hall–Kier alpha value is -1.79. The van der Waals surface area contributed by atoms with E-state index in [4.69, 9.17) is 4.74 Å². The average Bonchev–Trinajstić information content (AvgIpc) is 2.38. The van der Waals surface area contributed by atoms with Gasteiger partial charge in [-0.25, -0.2) is 9.18 Å². The number of piperidine rings is 1. The van der Waals surface area contributed by atoms with Crippen molar-refractivity contribution in [2.75, 3.05) is 13.1 Å². The van der Waals surface area contributed by atoms with Gasteiger partial charge >= 0.3 is 12.3 Å². The number of hydrogen-bond acceptors (Lipinski definition) is 2. The van der Waals surface area contributed by atoms with Gasteiger partial charge in [0.2, 0.25) is 0 Å². The van der Waals surface area contributed by atoms with E-state index in [0.717, 1.165) is 25.3 Å². The van der Waals surface area contributed by atoms with Crippen molar-refractivity contribution in [2.45, 2.75) is 25.4 Å². The predicted octanol–water partition coefficient (Wildman–Crippen LogP) is 3.83. The molecule has 1 aliphatic rings. The van der Waals surface area contributed by atoms with E-state index in [1.165, 1.54) is 4.90 Å². The first-order chi connectivity index (χ1) is 9.36. The maximum atomic E-state index is 13.1. The summed E-state index contributed by atoms with van der Waals surface area (Å²) < 4.78 is 55.5. The lowest BCUT2D eigenvalue weighted by molar-refractivity contribution is -0.137. The van der Waals surface area contributed by atoms with Crippen molar-refractivity contribution in [1.29, 1.82) is 0 Å². The number of likely N-dealkylation sites (tertiary alicyclic amines) is 1. The number of carbonyl (C=O) groups excluding carboxylic acids is 1. The van der Waals surface area contributed by atoms with Gasteiger partial charge in [-0.1, -0.05) is 0 Å². The first-order valence-electron chi connectivity index (χ1n) is 6.21. The molecule has 1 aliphatic heterocycles. The molecule has 1 heterocycles. The fourth-order valence-corrected chi connectivity index (χ4v) is 2.03. The van der Waals surface area contributed by atoms with Gasteiger partial charge in [0.15, 0.2) is 0 Å². The molecule has 1 saturated heterocycles. The molecule has 1 amide bonds. The summed E-state index contributed by atoms with van der Waals surface area (Å²) in [5.74, 6) is -1.53. The number of hydrogen-bond donors (Lipinski definition) is 0. The highest BCUT2D eigenvalue weighted by Gasteiger charge is 2.32. The van der Waals surface area contributed by atoms with Crippen molar-refractivity contribution in [3.05, 3.63) is 29.6 Å². The van der Waals surface area contributed by atoms with Crippen LogP contribution in [0.3, 0.4) is 0 Å².